The maximum absolute atomic E-state index is 11.8. The van der Waals surface area contributed by atoms with Crippen molar-refractivity contribution >= 4 is 11.7 Å². The Hall–Kier alpha value is -1.90. The van der Waals surface area contributed by atoms with Crippen molar-refractivity contribution in [2.24, 2.45) is 0 Å². The van der Waals surface area contributed by atoms with Gasteiger partial charge in [-0.1, -0.05) is 42.5 Å². The van der Waals surface area contributed by atoms with Gasteiger partial charge in [-0.25, -0.2) is 0 Å². The number of carbonyl (C=O) groups is 2. The average molecular weight is 243 g/mol. The Bertz CT molecular complexity index is 465. The molecular weight excluding hydrogens is 226 g/mol. The maximum Gasteiger partial charge on any atom is 0.228 e. The molecule has 0 aromatic heterocycles. The van der Waals surface area contributed by atoms with E-state index < -0.39 is 0 Å². The monoisotopic (exact) mass is 243 g/mol. The number of benzene rings is 1. The zero-order chi connectivity index (χ0) is 13.0. The van der Waals surface area contributed by atoms with Gasteiger partial charge in [0.25, 0.3) is 0 Å². The second-order valence-electron chi connectivity index (χ2n) is 4.64. The van der Waals surface area contributed by atoms with Gasteiger partial charge < -0.3 is 5.32 Å². The molecule has 0 spiro atoms. The van der Waals surface area contributed by atoms with Crippen LogP contribution in [-0.4, -0.2) is 17.7 Å². The van der Waals surface area contributed by atoms with Crippen molar-refractivity contribution < 1.29 is 9.59 Å². The molecule has 1 amide bonds. The number of nitrogens with one attached hydrogen (secondary N) is 1. The molecule has 1 fully saturated rings. The molecule has 1 unspecified atom stereocenters. The molecule has 2 rings (SSSR count). The third kappa shape index (κ3) is 3.06. The van der Waals surface area contributed by atoms with E-state index in [0.29, 0.717) is 5.56 Å². The molecule has 1 atom stereocenters. The lowest BCUT2D eigenvalue weighted by molar-refractivity contribution is -0.120. The summed E-state index contributed by atoms with van der Waals surface area (Å²) in [6.45, 7) is 3.93. The Morgan fingerprint density at radius 3 is 2.61 bits per heavy atom. The summed E-state index contributed by atoms with van der Waals surface area (Å²) < 4.78 is 0. The van der Waals surface area contributed by atoms with E-state index in [4.69, 9.17) is 0 Å². The largest absolute Gasteiger partial charge is 0.349 e. The van der Waals surface area contributed by atoms with Crippen LogP contribution in [-0.2, 0) is 4.79 Å². The fourth-order valence-corrected chi connectivity index (χ4v) is 2.20. The van der Waals surface area contributed by atoms with E-state index in [1.807, 2.05) is 6.07 Å². The molecule has 1 aliphatic carbocycles. The number of carbonyl (C=O) groups excluding carboxylic acids is 2. The number of ketones is 1. The van der Waals surface area contributed by atoms with Crippen molar-refractivity contribution in [3.8, 4) is 0 Å². The highest BCUT2D eigenvalue weighted by Gasteiger charge is 2.21. The van der Waals surface area contributed by atoms with Crippen LogP contribution < -0.4 is 5.32 Å². The van der Waals surface area contributed by atoms with Gasteiger partial charge in [-0.3, -0.25) is 9.59 Å². The third-order valence-electron chi connectivity index (χ3n) is 3.24. The van der Waals surface area contributed by atoms with Gasteiger partial charge in [0, 0.05) is 11.6 Å². The Labute approximate surface area is 107 Å². The smallest absolute Gasteiger partial charge is 0.228 e. The summed E-state index contributed by atoms with van der Waals surface area (Å²) in [6.07, 6.45) is 2.88. The van der Waals surface area contributed by atoms with Gasteiger partial charge >= 0.3 is 0 Å². The van der Waals surface area contributed by atoms with E-state index in [1.165, 1.54) is 0 Å². The van der Waals surface area contributed by atoms with Crippen LogP contribution in [0.3, 0.4) is 0 Å². The van der Waals surface area contributed by atoms with Gasteiger partial charge in [-0.05, 0) is 19.3 Å². The molecule has 0 heterocycles. The summed E-state index contributed by atoms with van der Waals surface area (Å²) in [5, 5.41) is 2.87. The first-order valence-corrected chi connectivity index (χ1v) is 6.22. The molecule has 0 saturated heterocycles. The van der Waals surface area contributed by atoms with E-state index >= 15 is 0 Å². The lowest BCUT2D eigenvalue weighted by atomic mass is 10.1. The molecule has 1 aliphatic rings. The van der Waals surface area contributed by atoms with Crippen LogP contribution >= 0.6 is 0 Å². The fraction of sp³-hybridized carbons (Fsp3) is 0.333. The third-order valence-corrected chi connectivity index (χ3v) is 3.24. The summed E-state index contributed by atoms with van der Waals surface area (Å²) in [7, 11) is 0. The van der Waals surface area contributed by atoms with Crippen LogP contribution in [0, 0.1) is 0 Å². The molecule has 0 radical (unpaired) electrons. The molecule has 3 heteroatoms. The lowest BCUT2D eigenvalue weighted by Gasteiger charge is -2.13. The van der Waals surface area contributed by atoms with Crippen LogP contribution in [0.5, 0.6) is 0 Å². The molecule has 3 nitrogen and oxygen atoms in total. The summed E-state index contributed by atoms with van der Waals surface area (Å²) in [4.78, 5) is 23.6. The minimum absolute atomic E-state index is 0.0565. The van der Waals surface area contributed by atoms with Crippen molar-refractivity contribution in [2.45, 2.75) is 31.7 Å². The van der Waals surface area contributed by atoms with E-state index in [-0.39, 0.29) is 24.2 Å². The van der Waals surface area contributed by atoms with Gasteiger partial charge in [0.05, 0.1) is 6.42 Å². The molecule has 1 aromatic carbocycles. The van der Waals surface area contributed by atoms with Gasteiger partial charge in [0.2, 0.25) is 5.91 Å². The Kier molecular flexibility index (Phi) is 3.92. The predicted octanol–water partition coefficient (Wildman–Crippen LogP) is 2.48. The summed E-state index contributed by atoms with van der Waals surface area (Å²) in [6, 6.07) is 8.95. The Morgan fingerprint density at radius 2 is 2.00 bits per heavy atom. The number of Topliss-reactive ketones (excluding diaryl/α,β-unsaturated/α-hetero) is 1. The first-order valence-electron chi connectivity index (χ1n) is 6.22. The summed E-state index contributed by atoms with van der Waals surface area (Å²) in [5.74, 6) is -0.353. The van der Waals surface area contributed by atoms with Gasteiger partial charge in [-0.2, -0.15) is 0 Å². The quantitative estimate of drug-likeness (QED) is 0.501. The first kappa shape index (κ1) is 12.6. The molecule has 94 valence electrons. The molecule has 0 bridgehead atoms. The van der Waals surface area contributed by atoms with Crippen molar-refractivity contribution in [1.82, 2.24) is 5.32 Å². The normalized spacial score (nSPS) is 18.7. The number of rotatable bonds is 4. The van der Waals surface area contributed by atoms with Crippen LogP contribution in [0.2, 0.25) is 0 Å². The number of amides is 1. The van der Waals surface area contributed by atoms with Crippen LogP contribution in [0.25, 0.3) is 0 Å². The second kappa shape index (κ2) is 5.63. The van der Waals surface area contributed by atoms with Crippen molar-refractivity contribution in [2.75, 3.05) is 0 Å². The topological polar surface area (TPSA) is 46.2 Å². The molecular formula is C15H17NO2. The highest BCUT2D eigenvalue weighted by Crippen LogP contribution is 2.22. The predicted molar refractivity (Wildman–Crippen MR) is 70.3 cm³/mol. The van der Waals surface area contributed by atoms with E-state index in [1.54, 1.807) is 24.3 Å². The second-order valence-corrected chi connectivity index (χ2v) is 4.64. The van der Waals surface area contributed by atoms with Crippen molar-refractivity contribution in [1.29, 1.82) is 0 Å². The van der Waals surface area contributed by atoms with Crippen LogP contribution in [0.1, 0.15) is 36.0 Å². The van der Waals surface area contributed by atoms with E-state index in [9.17, 15) is 9.59 Å². The minimum Gasteiger partial charge on any atom is -0.349 e. The molecule has 0 aliphatic heterocycles. The van der Waals surface area contributed by atoms with Crippen molar-refractivity contribution in [3.63, 3.8) is 0 Å². The van der Waals surface area contributed by atoms with Gasteiger partial charge in [-0.15, -0.1) is 0 Å². The maximum atomic E-state index is 11.8. The fourth-order valence-electron chi connectivity index (χ4n) is 2.20. The Balaban J connectivity index is 1.88. The highest BCUT2D eigenvalue weighted by molar-refractivity contribution is 6.07. The zero-order valence-electron chi connectivity index (χ0n) is 10.3. The van der Waals surface area contributed by atoms with E-state index in [2.05, 4.69) is 11.9 Å². The number of hydrogen-bond donors (Lipinski definition) is 1. The SMILES string of the molecule is C=C1CCCC1NC(=O)CC(=O)c1ccccc1. The van der Waals surface area contributed by atoms with Crippen LogP contribution in [0.4, 0.5) is 0 Å². The van der Waals surface area contributed by atoms with Crippen LogP contribution in [0.15, 0.2) is 42.5 Å². The van der Waals surface area contributed by atoms with Gasteiger partial charge in [0.1, 0.15) is 0 Å². The molecule has 1 aromatic rings. The minimum atomic E-state index is -0.211. The first-order chi connectivity index (χ1) is 8.66. The zero-order valence-corrected chi connectivity index (χ0v) is 10.3. The Morgan fingerprint density at radius 1 is 1.28 bits per heavy atom. The molecule has 1 saturated carbocycles. The standard InChI is InChI=1S/C15H17NO2/c1-11-6-5-9-13(11)16-15(18)10-14(17)12-7-3-2-4-8-12/h2-4,7-8,13H,1,5-6,9-10H2,(H,16,18). The van der Waals surface area contributed by atoms with E-state index in [0.717, 1.165) is 24.8 Å². The van der Waals surface area contributed by atoms with Crippen molar-refractivity contribution in [3.05, 3.63) is 48.0 Å². The lowest BCUT2D eigenvalue weighted by Crippen LogP contribution is -2.34. The van der Waals surface area contributed by atoms with Gasteiger partial charge in [0.15, 0.2) is 5.78 Å². The molecule has 18 heavy (non-hydrogen) atoms. The highest BCUT2D eigenvalue weighted by atomic mass is 16.2. The molecule has 1 N–H and O–H groups in total. The average Bonchev–Trinajstić information content (AvgIpc) is 2.76. The number of hydrogen-bond acceptors (Lipinski definition) is 2. The summed E-state index contributed by atoms with van der Waals surface area (Å²) in [5.41, 5.74) is 1.65. The summed E-state index contributed by atoms with van der Waals surface area (Å²) >= 11 is 0.